The minimum Gasteiger partial charge on any atom is -0.324 e. The van der Waals surface area contributed by atoms with Gasteiger partial charge in [0, 0.05) is 27.6 Å². The Labute approximate surface area is 142 Å². The number of halogens is 3. The van der Waals surface area contributed by atoms with Gasteiger partial charge in [0.2, 0.25) is 0 Å². The molecule has 1 heterocycles. The van der Waals surface area contributed by atoms with Gasteiger partial charge in [-0.05, 0) is 60.2 Å². The summed E-state index contributed by atoms with van der Waals surface area (Å²) in [6, 6.07) is 5.61. The van der Waals surface area contributed by atoms with E-state index >= 15 is 0 Å². The standard InChI is InChI=1S/C14H16Cl2IN3/c1-3-20-13(14(16)8(2)19-20)7-12(18)10-6-9(15)4-5-11(10)17/h4-6,12H,3,7,18H2,1-2H3. The van der Waals surface area contributed by atoms with Gasteiger partial charge in [-0.1, -0.05) is 23.2 Å². The van der Waals surface area contributed by atoms with Crippen LogP contribution in [0.25, 0.3) is 0 Å². The minimum absolute atomic E-state index is 0.153. The molecule has 0 aliphatic carbocycles. The van der Waals surface area contributed by atoms with E-state index < -0.39 is 0 Å². The average Bonchev–Trinajstić information content (AvgIpc) is 2.69. The van der Waals surface area contributed by atoms with Crippen molar-refractivity contribution in [2.24, 2.45) is 5.73 Å². The van der Waals surface area contributed by atoms with Crippen molar-refractivity contribution in [1.82, 2.24) is 9.78 Å². The SMILES string of the molecule is CCn1nc(C)c(Cl)c1CC(N)c1cc(Cl)ccc1I. The second-order valence-corrected chi connectivity index (χ2v) is 6.61. The molecular formula is C14H16Cl2IN3. The molecule has 0 bridgehead atoms. The van der Waals surface area contributed by atoms with Crippen LogP contribution >= 0.6 is 45.8 Å². The maximum atomic E-state index is 6.34. The Morgan fingerprint density at radius 1 is 1.40 bits per heavy atom. The largest absolute Gasteiger partial charge is 0.324 e. The highest BCUT2D eigenvalue weighted by Crippen LogP contribution is 2.28. The molecule has 6 heteroatoms. The van der Waals surface area contributed by atoms with Crippen LogP contribution in [-0.2, 0) is 13.0 Å². The lowest BCUT2D eigenvalue weighted by Gasteiger charge is -2.15. The van der Waals surface area contributed by atoms with Gasteiger partial charge in [0.1, 0.15) is 0 Å². The molecule has 3 nitrogen and oxygen atoms in total. The third-order valence-electron chi connectivity index (χ3n) is 3.22. The highest BCUT2D eigenvalue weighted by molar-refractivity contribution is 14.1. The predicted octanol–water partition coefficient (Wildman–Crippen LogP) is 4.37. The second kappa shape index (κ2) is 6.64. The quantitative estimate of drug-likeness (QED) is 0.742. The van der Waals surface area contributed by atoms with E-state index in [1.54, 1.807) is 0 Å². The molecular weight excluding hydrogens is 408 g/mol. The van der Waals surface area contributed by atoms with Crippen molar-refractivity contribution >= 4 is 45.8 Å². The summed E-state index contributed by atoms with van der Waals surface area (Å²) in [6.07, 6.45) is 0.643. The number of rotatable bonds is 4. The topological polar surface area (TPSA) is 43.8 Å². The lowest BCUT2D eigenvalue weighted by Crippen LogP contribution is -2.17. The molecule has 1 atom stereocenters. The molecule has 2 rings (SSSR count). The highest BCUT2D eigenvalue weighted by atomic mass is 127. The molecule has 1 unspecified atom stereocenters. The number of benzene rings is 1. The van der Waals surface area contributed by atoms with Crippen LogP contribution in [0.15, 0.2) is 18.2 Å². The van der Waals surface area contributed by atoms with Gasteiger partial charge in [-0.25, -0.2) is 0 Å². The molecule has 1 aromatic carbocycles. The predicted molar refractivity (Wildman–Crippen MR) is 92.4 cm³/mol. The van der Waals surface area contributed by atoms with Gasteiger partial charge in [-0.2, -0.15) is 5.10 Å². The van der Waals surface area contributed by atoms with Gasteiger partial charge in [0.25, 0.3) is 0 Å². The van der Waals surface area contributed by atoms with Crippen molar-refractivity contribution in [3.8, 4) is 0 Å². The van der Waals surface area contributed by atoms with Gasteiger partial charge in [0.15, 0.2) is 0 Å². The third kappa shape index (κ3) is 3.30. The summed E-state index contributed by atoms with van der Waals surface area (Å²) >= 11 is 14.7. The van der Waals surface area contributed by atoms with E-state index in [0.717, 1.165) is 27.1 Å². The molecule has 1 aromatic heterocycles. The maximum Gasteiger partial charge on any atom is 0.0847 e. The Bertz CT molecular complexity index is 625. The Balaban J connectivity index is 2.32. The van der Waals surface area contributed by atoms with Crippen LogP contribution in [0.2, 0.25) is 10.0 Å². The van der Waals surface area contributed by atoms with Gasteiger partial charge in [0.05, 0.1) is 16.4 Å². The highest BCUT2D eigenvalue weighted by Gasteiger charge is 2.18. The van der Waals surface area contributed by atoms with Gasteiger partial charge < -0.3 is 5.73 Å². The average molecular weight is 424 g/mol. The summed E-state index contributed by atoms with van der Waals surface area (Å²) in [4.78, 5) is 0. The molecule has 0 radical (unpaired) electrons. The molecule has 2 aromatic rings. The molecule has 0 saturated carbocycles. The van der Waals surface area contributed by atoms with Gasteiger partial charge in [-0.3, -0.25) is 4.68 Å². The van der Waals surface area contributed by atoms with E-state index in [-0.39, 0.29) is 6.04 Å². The Hall–Kier alpha value is -0.300. The molecule has 0 spiro atoms. The first-order valence-electron chi connectivity index (χ1n) is 6.36. The van der Waals surface area contributed by atoms with E-state index in [0.29, 0.717) is 16.5 Å². The van der Waals surface area contributed by atoms with Crippen LogP contribution < -0.4 is 5.73 Å². The van der Waals surface area contributed by atoms with Gasteiger partial charge in [-0.15, -0.1) is 0 Å². The Morgan fingerprint density at radius 2 is 2.10 bits per heavy atom. The number of nitrogens with zero attached hydrogens (tertiary/aromatic N) is 2. The summed E-state index contributed by atoms with van der Waals surface area (Å²) < 4.78 is 3.02. The fourth-order valence-corrected chi connectivity index (χ4v) is 3.31. The lowest BCUT2D eigenvalue weighted by atomic mass is 10.0. The van der Waals surface area contributed by atoms with Crippen LogP contribution in [0.4, 0.5) is 0 Å². The summed E-state index contributed by atoms with van der Waals surface area (Å²) in [6.45, 7) is 4.73. The monoisotopic (exact) mass is 423 g/mol. The number of hydrogen-bond acceptors (Lipinski definition) is 2. The van der Waals surface area contributed by atoms with Crippen molar-refractivity contribution in [2.75, 3.05) is 0 Å². The molecule has 0 saturated heterocycles. The zero-order valence-electron chi connectivity index (χ0n) is 11.3. The molecule has 0 amide bonds. The van der Waals surface area contributed by atoms with Crippen molar-refractivity contribution in [3.63, 3.8) is 0 Å². The second-order valence-electron chi connectivity index (χ2n) is 4.64. The van der Waals surface area contributed by atoms with E-state index in [2.05, 4.69) is 27.7 Å². The summed E-state index contributed by atoms with van der Waals surface area (Å²) in [5, 5.41) is 5.82. The van der Waals surface area contributed by atoms with Crippen LogP contribution in [0, 0.1) is 10.5 Å². The molecule has 0 aliphatic rings. The van der Waals surface area contributed by atoms with Crippen molar-refractivity contribution in [1.29, 1.82) is 0 Å². The number of nitrogens with two attached hydrogens (primary N) is 1. The van der Waals surface area contributed by atoms with Crippen molar-refractivity contribution < 1.29 is 0 Å². The normalized spacial score (nSPS) is 12.7. The van der Waals surface area contributed by atoms with Crippen molar-refractivity contribution in [3.05, 3.63) is 48.8 Å². The number of aromatic nitrogens is 2. The fourth-order valence-electron chi connectivity index (χ4n) is 2.18. The molecule has 0 aliphatic heterocycles. The molecule has 20 heavy (non-hydrogen) atoms. The van der Waals surface area contributed by atoms with E-state index in [1.165, 1.54) is 0 Å². The minimum atomic E-state index is -0.153. The van der Waals surface area contributed by atoms with E-state index in [1.807, 2.05) is 36.7 Å². The zero-order valence-corrected chi connectivity index (χ0v) is 15.0. The van der Waals surface area contributed by atoms with Crippen LogP contribution in [0.3, 0.4) is 0 Å². The van der Waals surface area contributed by atoms with E-state index in [4.69, 9.17) is 28.9 Å². The van der Waals surface area contributed by atoms with Crippen LogP contribution in [-0.4, -0.2) is 9.78 Å². The first-order valence-corrected chi connectivity index (χ1v) is 8.19. The zero-order chi connectivity index (χ0) is 14.9. The molecule has 108 valence electrons. The third-order valence-corrected chi connectivity index (χ3v) is 4.93. The van der Waals surface area contributed by atoms with Crippen molar-refractivity contribution in [2.45, 2.75) is 32.9 Å². The fraction of sp³-hybridized carbons (Fsp3) is 0.357. The molecule has 2 N–H and O–H groups in total. The first kappa shape index (κ1) is 16.1. The summed E-state index contributed by atoms with van der Waals surface area (Å²) in [7, 11) is 0. The maximum absolute atomic E-state index is 6.34. The lowest BCUT2D eigenvalue weighted by molar-refractivity contribution is 0.586. The first-order chi connectivity index (χ1) is 9.43. The number of hydrogen-bond donors (Lipinski definition) is 1. The van der Waals surface area contributed by atoms with E-state index in [9.17, 15) is 0 Å². The Kier molecular flexibility index (Phi) is 5.34. The van der Waals surface area contributed by atoms with Crippen LogP contribution in [0.5, 0.6) is 0 Å². The summed E-state index contributed by atoms with van der Waals surface area (Å²) in [5.74, 6) is 0. The Morgan fingerprint density at radius 3 is 2.75 bits per heavy atom. The summed E-state index contributed by atoms with van der Waals surface area (Å²) in [5.41, 5.74) is 9.20. The smallest absolute Gasteiger partial charge is 0.0847 e. The number of aryl methyl sites for hydroxylation is 2. The van der Waals surface area contributed by atoms with Crippen LogP contribution in [0.1, 0.15) is 29.9 Å². The van der Waals surface area contributed by atoms with Gasteiger partial charge >= 0.3 is 0 Å². The molecule has 0 fully saturated rings.